The van der Waals surface area contributed by atoms with Crippen molar-refractivity contribution in [2.24, 2.45) is 0 Å². The lowest BCUT2D eigenvalue weighted by molar-refractivity contribution is -0.424. The van der Waals surface area contributed by atoms with Gasteiger partial charge in [-0.2, -0.15) is 4.90 Å². The van der Waals surface area contributed by atoms with Crippen molar-refractivity contribution in [3.63, 3.8) is 0 Å². The molecule has 2 rings (SSSR count). The van der Waals surface area contributed by atoms with Gasteiger partial charge in [0.25, 0.3) is 5.84 Å². The van der Waals surface area contributed by atoms with Crippen LogP contribution in [0.2, 0.25) is 0 Å². The van der Waals surface area contributed by atoms with Crippen LogP contribution in [0.25, 0.3) is 0 Å². The van der Waals surface area contributed by atoms with Gasteiger partial charge in [0.05, 0.1) is 25.2 Å². The van der Waals surface area contributed by atoms with E-state index in [0.717, 1.165) is 11.4 Å². The SMILES string of the molecule is C[NH+]=C(c1ccccc1)N(C)C(=O)c1ccccc1. The number of carbonyl (C=O) groups is 1. The van der Waals surface area contributed by atoms with Gasteiger partial charge in [-0.25, -0.2) is 4.79 Å². The highest BCUT2D eigenvalue weighted by atomic mass is 16.2. The Morgan fingerprint density at radius 3 is 1.84 bits per heavy atom. The molecule has 0 aliphatic carbocycles. The van der Waals surface area contributed by atoms with Crippen molar-refractivity contribution in [1.29, 1.82) is 0 Å². The molecule has 96 valence electrons. The van der Waals surface area contributed by atoms with Gasteiger partial charge < -0.3 is 0 Å². The fraction of sp³-hybridized carbons (Fsp3) is 0.125. The van der Waals surface area contributed by atoms with Crippen molar-refractivity contribution in [3.8, 4) is 0 Å². The summed E-state index contributed by atoms with van der Waals surface area (Å²) in [4.78, 5) is 17.1. The van der Waals surface area contributed by atoms with E-state index in [2.05, 4.69) is 4.99 Å². The van der Waals surface area contributed by atoms with Gasteiger partial charge in [0.2, 0.25) is 0 Å². The second-order valence-corrected chi connectivity index (χ2v) is 4.19. The molecule has 0 heterocycles. The van der Waals surface area contributed by atoms with Crippen LogP contribution >= 0.6 is 0 Å². The Morgan fingerprint density at radius 2 is 1.37 bits per heavy atom. The molecule has 1 N–H and O–H groups in total. The van der Waals surface area contributed by atoms with Crippen LogP contribution in [-0.2, 0) is 0 Å². The molecule has 2 aromatic rings. The minimum absolute atomic E-state index is 0.0335. The predicted octanol–water partition coefficient (Wildman–Crippen LogP) is 0.916. The molecule has 19 heavy (non-hydrogen) atoms. The minimum atomic E-state index is -0.0335. The summed E-state index contributed by atoms with van der Waals surface area (Å²) in [6.45, 7) is 0. The van der Waals surface area contributed by atoms with Gasteiger partial charge in [0.15, 0.2) is 0 Å². The standard InChI is InChI=1S/C16H16N2O/c1-17-15(13-9-5-3-6-10-13)18(2)16(19)14-11-7-4-8-12-14/h3-12H,1-2H3/p+1. The van der Waals surface area contributed by atoms with Crippen LogP contribution in [-0.4, -0.2) is 30.7 Å². The van der Waals surface area contributed by atoms with Gasteiger partial charge in [0, 0.05) is 0 Å². The van der Waals surface area contributed by atoms with Crippen LogP contribution in [0.5, 0.6) is 0 Å². The number of hydrogen-bond acceptors (Lipinski definition) is 1. The Kier molecular flexibility index (Phi) is 4.08. The van der Waals surface area contributed by atoms with Crippen LogP contribution in [0.3, 0.4) is 0 Å². The summed E-state index contributed by atoms with van der Waals surface area (Å²) >= 11 is 0. The van der Waals surface area contributed by atoms with E-state index in [1.54, 1.807) is 11.9 Å². The van der Waals surface area contributed by atoms with Crippen molar-refractivity contribution in [3.05, 3.63) is 71.8 Å². The van der Waals surface area contributed by atoms with Crippen molar-refractivity contribution in [2.45, 2.75) is 0 Å². The third-order valence-corrected chi connectivity index (χ3v) is 2.94. The summed E-state index contributed by atoms with van der Waals surface area (Å²) in [5.74, 6) is 0.753. The minimum Gasteiger partial charge on any atom is -0.276 e. The van der Waals surface area contributed by atoms with Gasteiger partial charge in [0.1, 0.15) is 0 Å². The van der Waals surface area contributed by atoms with E-state index in [1.807, 2.05) is 67.7 Å². The zero-order valence-electron chi connectivity index (χ0n) is 11.1. The Bertz CT molecular complexity index is 576. The first-order valence-corrected chi connectivity index (χ1v) is 6.17. The zero-order chi connectivity index (χ0) is 13.7. The smallest absolute Gasteiger partial charge is 0.276 e. The number of amides is 1. The molecule has 0 atom stereocenters. The molecular formula is C16H17N2O+. The van der Waals surface area contributed by atoms with Gasteiger partial charge in [-0.15, -0.1) is 0 Å². The van der Waals surface area contributed by atoms with E-state index >= 15 is 0 Å². The molecule has 0 saturated heterocycles. The molecule has 0 bridgehead atoms. The number of hydrogen-bond donors (Lipinski definition) is 1. The van der Waals surface area contributed by atoms with Gasteiger partial charge in [-0.3, -0.25) is 4.99 Å². The topological polar surface area (TPSA) is 34.3 Å². The van der Waals surface area contributed by atoms with Crippen molar-refractivity contribution in [1.82, 2.24) is 4.90 Å². The normalized spacial score (nSPS) is 11.2. The summed E-state index contributed by atoms with van der Waals surface area (Å²) in [6.07, 6.45) is 0. The first kappa shape index (κ1) is 13.0. The monoisotopic (exact) mass is 253 g/mol. The van der Waals surface area contributed by atoms with E-state index in [1.165, 1.54) is 0 Å². The lowest BCUT2D eigenvalue weighted by Crippen LogP contribution is -2.72. The van der Waals surface area contributed by atoms with Crippen LogP contribution < -0.4 is 4.99 Å². The fourth-order valence-corrected chi connectivity index (χ4v) is 1.98. The average Bonchev–Trinajstić information content (AvgIpc) is 2.49. The van der Waals surface area contributed by atoms with E-state index in [4.69, 9.17) is 0 Å². The maximum absolute atomic E-state index is 12.4. The number of carbonyl (C=O) groups excluding carboxylic acids is 1. The average molecular weight is 253 g/mol. The summed E-state index contributed by atoms with van der Waals surface area (Å²) < 4.78 is 0. The number of nitrogens with one attached hydrogen (secondary N) is 1. The molecule has 3 heteroatoms. The van der Waals surface area contributed by atoms with Gasteiger partial charge >= 0.3 is 5.91 Å². The Balaban J connectivity index is 2.28. The molecule has 0 aromatic heterocycles. The molecule has 0 spiro atoms. The van der Waals surface area contributed by atoms with Crippen LogP contribution in [0.15, 0.2) is 60.7 Å². The van der Waals surface area contributed by atoms with Crippen LogP contribution in [0, 0.1) is 0 Å². The summed E-state index contributed by atoms with van der Waals surface area (Å²) in [5.41, 5.74) is 1.66. The first-order valence-electron chi connectivity index (χ1n) is 6.17. The molecule has 0 saturated carbocycles. The number of benzene rings is 2. The summed E-state index contributed by atoms with van der Waals surface area (Å²) in [6, 6.07) is 19.1. The molecule has 0 unspecified atom stereocenters. The Morgan fingerprint density at radius 1 is 0.895 bits per heavy atom. The van der Waals surface area contributed by atoms with Crippen molar-refractivity contribution < 1.29 is 9.79 Å². The lowest BCUT2D eigenvalue weighted by Gasteiger charge is -2.11. The molecular weight excluding hydrogens is 236 g/mol. The van der Waals surface area contributed by atoms with E-state index < -0.39 is 0 Å². The molecule has 0 aliphatic rings. The maximum Gasteiger partial charge on any atom is 0.340 e. The van der Waals surface area contributed by atoms with E-state index in [-0.39, 0.29) is 5.91 Å². The summed E-state index contributed by atoms with van der Waals surface area (Å²) in [7, 11) is 3.59. The van der Waals surface area contributed by atoms with Gasteiger partial charge in [-0.1, -0.05) is 36.4 Å². The second-order valence-electron chi connectivity index (χ2n) is 4.19. The summed E-state index contributed by atoms with van der Waals surface area (Å²) in [5, 5.41) is 0. The van der Waals surface area contributed by atoms with Crippen molar-refractivity contribution in [2.75, 3.05) is 14.1 Å². The van der Waals surface area contributed by atoms with E-state index in [0.29, 0.717) is 5.56 Å². The molecule has 3 nitrogen and oxygen atoms in total. The number of amidine groups is 1. The van der Waals surface area contributed by atoms with Gasteiger partial charge in [-0.05, 0) is 24.3 Å². The van der Waals surface area contributed by atoms with E-state index in [9.17, 15) is 4.79 Å². The Hall–Kier alpha value is -2.42. The molecule has 2 aromatic carbocycles. The largest absolute Gasteiger partial charge is 0.340 e. The van der Waals surface area contributed by atoms with Crippen LogP contribution in [0.4, 0.5) is 0 Å². The second kappa shape index (κ2) is 5.96. The molecule has 0 radical (unpaired) electrons. The van der Waals surface area contributed by atoms with Crippen LogP contribution in [0.1, 0.15) is 15.9 Å². The lowest BCUT2D eigenvalue weighted by atomic mass is 10.1. The maximum atomic E-state index is 12.4. The molecule has 0 aliphatic heterocycles. The number of rotatable bonds is 2. The third-order valence-electron chi connectivity index (χ3n) is 2.94. The first-order chi connectivity index (χ1) is 9.24. The Labute approximate surface area is 113 Å². The van der Waals surface area contributed by atoms with Crippen molar-refractivity contribution >= 4 is 11.7 Å². The third kappa shape index (κ3) is 2.88. The highest BCUT2D eigenvalue weighted by molar-refractivity contribution is 6.10. The molecule has 0 fully saturated rings. The highest BCUT2D eigenvalue weighted by Crippen LogP contribution is 2.06. The fourth-order valence-electron chi connectivity index (χ4n) is 1.98. The predicted molar refractivity (Wildman–Crippen MR) is 76.0 cm³/mol. The molecule has 1 amide bonds. The number of nitrogens with zero attached hydrogens (tertiary/aromatic N) is 1. The zero-order valence-corrected chi connectivity index (χ0v) is 11.1. The quantitative estimate of drug-likeness (QED) is 0.626. The highest BCUT2D eigenvalue weighted by Gasteiger charge is 2.24.